The minimum absolute atomic E-state index is 0.0709. The summed E-state index contributed by atoms with van der Waals surface area (Å²) in [7, 11) is 1.16. The average Bonchev–Trinajstić information content (AvgIpc) is 2.66. The Kier molecular flexibility index (Phi) is 6.98. The number of sulfonamides is 1. The van der Waals surface area contributed by atoms with Gasteiger partial charge in [-0.05, 0) is 37.1 Å². The SMILES string of the molecule is COc1ccccc1C(C)NC(=O)CCc1ccc(S(=O)(=O)N(C)C)cc1. The number of methoxy groups -OCH3 is 1. The first kappa shape index (κ1) is 20.9. The van der Waals surface area contributed by atoms with Crippen LogP contribution in [-0.2, 0) is 21.2 Å². The van der Waals surface area contributed by atoms with E-state index in [1.807, 2.05) is 31.2 Å². The normalized spacial score (nSPS) is 12.6. The fraction of sp³-hybridized carbons (Fsp3) is 0.350. The number of hydrogen-bond acceptors (Lipinski definition) is 4. The lowest BCUT2D eigenvalue weighted by Crippen LogP contribution is -2.27. The van der Waals surface area contributed by atoms with Crippen LogP contribution < -0.4 is 10.1 Å². The van der Waals surface area contributed by atoms with E-state index in [0.717, 1.165) is 16.9 Å². The van der Waals surface area contributed by atoms with Gasteiger partial charge in [0.1, 0.15) is 5.75 Å². The van der Waals surface area contributed by atoms with E-state index in [4.69, 9.17) is 4.74 Å². The summed E-state index contributed by atoms with van der Waals surface area (Å²) >= 11 is 0. The van der Waals surface area contributed by atoms with Gasteiger partial charge in [0.2, 0.25) is 15.9 Å². The van der Waals surface area contributed by atoms with Crippen LogP contribution in [0.2, 0.25) is 0 Å². The van der Waals surface area contributed by atoms with Crippen LogP contribution >= 0.6 is 0 Å². The Morgan fingerprint density at radius 3 is 2.33 bits per heavy atom. The van der Waals surface area contributed by atoms with Crippen LogP contribution in [0.5, 0.6) is 5.75 Å². The molecule has 1 unspecified atom stereocenters. The molecule has 0 fully saturated rings. The summed E-state index contributed by atoms with van der Waals surface area (Å²) in [6, 6.07) is 14.0. The Hall–Kier alpha value is -2.38. The maximum absolute atomic E-state index is 12.3. The van der Waals surface area contributed by atoms with Crippen LogP contribution in [0.1, 0.15) is 30.5 Å². The first-order valence-electron chi connectivity index (χ1n) is 8.69. The number of nitrogens with one attached hydrogen (secondary N) is 1. The van der Waals surface area contributed by atoms with Crippen LogP contribution in [0.25, 0.3) is 0 Å². The fourth-order valence-electron chi connectivity index (χ4n) is 2.71. The summed E-state index contributed by atoms with van der Waals surface area (Å²) in [4.78, 5) is 12.5. The Morgan fingerprint density at radius 2 is 1.74 bits per heavy atom. The second-order valence-corrected chi connectivity index (χ2v) is 8.61. The van der Waals surface area contributed by atoms with Gasteiger partial charge in [-0.3, -0.25) is 4.79 Å². The highest BCUT2D eigenvalue weighted by atomic mass is 32.2. The van der Waals surface area contributed by atoms with Crippen molar-refractivity contribution < 1.29 is 17.9 Å². The Balaban J connectivity index is 1.94. The van der Waals surface area contributed by atoms with Crippen molar-refractivity contribution in [3.8, 4) is 5.75 Å². The molecule has 0 heterocycles. The summed E-state index contributed by atoms with van der Waals surface area (Å²) in [5, 5.41) is 2.97. The third-order valence-electron chi connectivity index (χ3n) is 4.33. The summed E-state index contributed by atoms with van der Waals surface area (Å²) < 4.78 is 30.6. The second-order valence-electron chi connectivity index (χ2n) is 6.46. The zero-order chi connectivity index (χ0) is 20.0. The number of para-hydroxylation sites is 1. The molecule has 0 radical (unpaired) electrons. The fourth-order valence-corrected chi connectivity index (χ4v) is 3.61. The molecule has 1 N–H and O–H groups in total. The predicted octanol–water partition coefficient (Wildman–Crippen LogP) is 2.76. The van der Waals surface area contributed by atoms with Crippen molar-refractivity contribution in [3.05, 3.63) is 59.7 Å². The highest BCUT2D eigenvalue weighted by molar-refractivity contribution is 7.89. The van der Waals surface area contributed by atoms with Crippen molar-refractivity contribution in [1.82, 2.24) is 9.62 Å². The highest BCUT2D eigenvalue weighted by Gasteiger charge is 2.17. The predicted molar refractivity (Wildman–Crippen MR) is 105 cm³/mol. The standard InChI is InChI=1S/C20H26N2O4S/c1-15(18-7-5-6-8-19(18)26-4)21-20(23)14-11-16-9-12-17(13-10-16)27(24,25)22(2)3/h5-10,12-13,15H,11,14H2,1-4H3,(H,21,23). The van der Waals surface area contributed by atoms with Gasteiger partial charge >= 0.3 is 0 Å². The van der Waals surface area contributed by atoms with Crippen molar-refractivity contribution in [2.75, 3.05) is 21.2 Å². The van der Waals surface area contributed by atoms with E-state index in [9.17, 15) is 13.2 Å². The molecule has 0 bridgehead atoms. The number of nitrogens with zero attached hydrogens (tertiary/aromatic N) is 1. The van der Waals surface area contributed by atoms with Crippen LogP contribution in [-0.4, -0.2) is 39.8 Å². The lowest BCUT2D eigenvalue weighted by atomic mass is 10.1. The molecule has 0 aromatic heterocycles. The van der Waals surface area contributed by atoms with Gasteiger partial charge in [-0.2, -0.15) is 0 Å². The smallest absolute Gasteiger partial charge is 0.242 e. The van der Waals surface area contributed by atoms with Gasteiger partial charge in [-0.1, -0.05) is 30.3 Å². The Labute approximate surface area is 161 Å². The van der Waals surface area contributed by atoms with Gasteiger partial charge in [0, 0.05) is 26.1 Å². The zero-order valence-corrected chi connectivity index (χ0v) is 16.9. The molecule has 7 heteroatoms. The molecule has 2 aromatic carbocycles. The molecule has 146 valence electrons. The van der Waals surface area contributed by atoms with Gasteiger partial charge in [-0.15, -0.1) is 0 Å². The zero-order valence-electron chi connectivity index (χ0n) is 16.1. The van der Waals surface area contributed by atoms with E-state index in [0.29, 0.717) is 12.8 Å². The molecule has 0 aliphatic heterocycles. The Morgan fingerprint density at radius 1 is 1.11 bits per heavy atom. The maximum Gasteiger partial charge on any atom is 0.242 e. The van der Waals surface area contributed by atoms with E-state index in [1.54, 1.807) is 31.4 Å². The van der Waals surface area contributed by atoms with Crippen LogP contribution in [0.4, 0.5) is 0 Å². The van der Waals surface area contributed by atoms with E-state index >= 15 is 0 Å². The Bertz CT molecular complexity index is 877. The van der Waals surface area contributed by atoms with Gasteiger partial charge in [-0.25, -0.2) is 12.7 Å². The number of aryl methyl sites for hydroxylation is 1. The quantitative estimate of drug-likeness (QED) is 0.752. The lowest BCUT2D eigenvalue weighted by Gasteiger charge is -2.17. The highest BCUT2D eigenvalue weighted by Crippen LogP contribution is 2.24. The topological polar surface area (TPSA) is 75.7 Å². The van der Waals surface area contributed by atoms with Crippen molar-refractivity contribution >= 4 is 15.9 Å². The van der Waals surface area contributed by atoms with Gasteiger partial charge in [0.15, 0.2) is 0 Å². The van der Waals surface area contributed by atoms with E-state index < -0.39 is 10.0 Å². The molecule has 0 aliphatic rings. The number of carbonyl (C=O) groups excluding carboxylic acids is 1. The molecule has 0 aliphatic carbocycles. The van der Waals surface area contributed by atoms with Crippen LogP contribution in [0, 0.1) is 0 Å². The molecular weight excluding hydrogens is 364 g/mol. The molecule has 27 heavy (non-hydrogen) atoms. The van der Waals surface area contributed by atoms with Gasteiger partial charge in [0.25, 0.3) is 0 Å². The number of carbonyl (C=O) groups is 1. The van der Waals surface area contributed by atoms with Crippen molar-refractivity contribution in [2.45, 2.75) is 30.7 Å². The summed E-state index contributed by atoms with van der Waals surface area (Å²) in [5.74, 6) is 0.668. The minimum atomic E-state index is -3.44. The number of hydrogen-bond donors (Lipinski definition) is 1. The average molecular weight is 391 g/mol. The van der Waals surface area contributed by atoms with Crippen LogP contribution in [0.15, 0.2) is 53.4 Å². The largest absolute Gasteiger partial charge is 0.496 e. The molecule has 6 nitrogen and oxygen atoms in total. The minimum Gasteiger partial charge on any atom is -0.496 e. The van der Waals surface area contributed by atoms with E-state index in [2.05, 4.69) is 5.32 Å². The van der Waals surface area contributed by atoms with Crippen molar-refractivity contribution in [2.24, 2.45) is 0 Å². The molecule has 2 aromatic rings. The van der Waals surface area contributed by atoms with E-state index in [-0.39, 0.29) is 16.8 Å². The molecule has 0 saturated carbocycles. The maximum atomic E-state index is 12.3. The van der Waals surface area contributed by atoms with Gasteiger partial charge < -0.3 is 10.1 Å². The first-order valence-corrected chi connectivity index (χ1v) is 10.1. The van der Waals surface area contributed by atoms with Gasteiger partial charge in [0.05, 0.1) is 18.0 Å². The lowest BCUT2D eigenvalue weighted by molar-refractivity contribution is -0.121. The number of ether oxygens (including phenoxy) is 1. The monoisotopic (exact) mass is 390 g/mol. The molecule has 0 saturated heterocycles. The number of benzene rings is 2. The van der Waals surface area contributed by atoms with E-state index in [1.165, 1.54) is 18.4 Å². The summed E-state index contributed by atoms with van der Waals surface area (Å²) in [6.45, 7) is 1.91. The van der Waals surface area contributed by atoms with Crippen LogP contribution in [0.3, 0.4) is 0 Å². The number of rotatable bonds is 8. The van der Waals surface area contributed by atoms with Crippen molar-refractivity contribution in [1.29, 1.82) is 0 Å². The molecule has 1 atom stereocenters. The second kappa shape index (κ2) is 9.01. The van der Waals surface area contributed by atoms with Crippen molar-refractivity contribution in [3.63, 3.8) is 0 Å². The summed E-state index contributed by atoms with van der Waals surface area (Å²) in [6.07, 6.45) is 0.853. The summed E-state index contributed by atoms with van der Waals surface area (Å²) in [5.41, 5.74) is 1.83. The molecule has 0 spiro atoms. The molecular formula is C20H26N2O4S. The third kappa shape index (κ3) is 5.30. The number of amides is 1. The first-order chi connectivity index (χ1) is 12.8. The molecule has 1 amide bonds. The molecule has 2 rings (SSSR count). The third-order valence-corrected chi connectivity index (χ3v) is 6.15.